The van der Waals surface area contributed by atoms with E-state index in [9.17, 15) is 10.1 Å². The molecule has 0 spiro atoms. The summed E-state index contributed by atoms with van der Waals surface area (Å²) in [6, 6.07) is 4.93. The monoisotopic (exact) mass is 232 g/mol. The van der Waals surface area contributed by atoms with Gasteiger partial charge in [0.25, 0.3) is 0 Å². The van der Waals surface area contributed by atoms with E-state index in [0.717, 1.165) is 17.1 Å². The molecule has 0 fully saturated rings. The lowest BCUT2D eigenvalue weighted by Crippen LogP contribution is -2.07. The second kappa shape index (κ2) is 3.97. The molecule has 0 saturated heterocycles. The van der Waals surface area contributed by atoms with Gasteiger partial charge in [0.05, 0.1) is 10.6 Å². The van der Waals surface area contributed by atoms with Crippen LogP contribution in [0.4, 0.5) is 5.69 Å². The van der Waals surface area contributed by atoms with E-state index in [1.807, 2.05) is 19.9 Å². The van der Waals surface area contributed by atoms with Gasteiger partial charge in [-0.2, -0.15) is 5.10 Å². The van der Waals surface area contributed by atoms with E-state index in [0.29, 0.717) is 0 Å². The Labute approximate surface area is 98.1 Å². The maximum atomic E-state index is 10.9. The van der Waals surface area contributed by atoms with Crippen LogP contribution in [0.15, 0.2) is 18.2 Å². The molecular weight excluding hydrogens is 220 g/mol. The number of pyridine rings is 1. The summed E-state index contributed by atoms with van der Waals surface area (Å²) in [6.07, 6.45) is 0. The average molecular weight is 232 g/mol. The maximum absolute atomic E-state index is 10.9. The number of nitrogens with zero attached hydrogens (tertiary/aromatic N) is 4. The summed E-state index contributed by atoms with van der Waals surface area (Å²) in [6.45, 7) is 5.47. The lowest BCUT2D eigenvalue weighted by atomic mass is 10.3. The number of hydrogen-bond acceptors (Lipinski definition) is 4. The van der Waals surface area contributed by atoms with E-state index in [2.05, 4.69) is 10.1 Å². The summed E-state index contributed by atoms with van der Waals surface area (Å²) in [5, 5.41) is 15.2. The van der Waals surface area contributed by atoms with E-state index >= 15 is 0 Å². The zero-order valence-electron chi connectivity index (χ0n) is 9.84. The largest absolute Gasteiger partial charge is 0.313 e. The molecule has 6 heteroatoms. The third kappa shape index (κ3) is 2.01. The third-order valence-electron chi connectivity index (χ3n) is 2.40. The van der Waals surface area contributed by atoms with Gasteiger partial charge in [0.1, 0.15) is 0 Å². The highest BCUT2D eigenvalue weighted by Gasteiger charge is 2.19. The molecule has 2 aromatic heterocycles. The molecule has 88 valence electrons. The Bertz CT molecular complexity index is 589. The molecular formula is C11H12N4O2. The lowest BCUT2D eigenvalue weighted by Gasteiger charge is -2.05. The Morgan fingerprint density at radius 2 is 1.94 bits per heavy atom. The first-order valence-electron chi connectivity index (χ1n) is 5.14. The van der Waals surface area contributed by atoms with Gasteiger partial charge in [-0.3, -0.25) is 10.1 Å². The quantitative estimate of drug-likeness (QED) is 0.587. The molecule has 2 rings (SSSR count). The molecule has 0 aliphatic heterocycles. The van der Waals surface area contributed by atoms with E-state index < -0.39 is 4.92 Å². The first-order valence-corrected chi connectivity index (χ1v) is 5.14. The topological polar surface area (TPSA) is 73.8 Å². The minimum Gasteiger partial charge on any atom is -0.258 e. The van der Waals surface area contributed by atoms with Crippen LogP contribution in [0.1, 0.15) is 17.1 Å². The molecule has 0 radical (unpaired) electrons. The van der Waals surface area contributed by atoms with Crippen molar-refractivity contribution in [3.63, 3.8) is 0 Å². The zero-order chi connectivity index (χ0) is 12.6. The first-order chi connectivity index (χ1) is 7.99. The molecule has 0 aliphatic rings. The van der Waals surface area contributed by atoms with Gasteiger partial charge in [-0.05, 0) is 32.9 Å². The Morgan fingerprint density at radius 3 is 2.47 bits per heavy atom. The van der Waals surface area contributed by atoms with E-state index in [-0.39, 0.29) is 11.5 Å². The third-order valence-corrected chi connectivity index (χ3v) is 2.40. The Balaban J connectivity index is 2.69. The van der Waals surface area contributed by atoms with Crippen LogP contribution in [0, 0.1) is 30.9 Å². The summed E-state index contributed by atoms with van der Waals surface area (Å²) in [4.78, 5) is 14.7. The lowest BCUT2D eigenvalue weighted by molar-refractivity contribution is -0.385. The molecule has 2 aromatic rings. The van der Waals surface area contributed by atoms with Crippen LogP contribution >= 0.6 is 0 Å². The smallest absolute Gasteiger partial charge is 0.258 e. The molecule has 0 N–H and O–H groups in total. The predicted octanol–water partition coefficient (Wildman–Crippen LogP) is 2.10. The molecule has 0 bridgehead atoms. The molecule has 0 atom stereocenters. The van der Waals surface area contributed by atoms with Crippen molar-refractivity contribution in [3.05, 3.63) is 45.4 Å². The summed E-state index contributed by atoms with van der Waals surface area (Å²) in [5.41, 5.74) is 2.31. The van der Waals surface area contributed by atoms with Crippen LogP contribution in [0.25, 0.3) is 5.82 Å². The normalized spacial score (nSPS) is 10.5. The molecule has 0 aromatic carbocycles. The van der Waals surface area contributed by atoms with Crippen LogP contribution in [0.5, 0.6) is 0 Å². The number of aromatic nitrogens is 3. The van der Waals surface area contributed by atoms with Gasteiger partial charge in [0, 0.05) is 17.5 Å². The molecule has 0 amide bonds. The van der Waals surface area contributed by atoms with Crippen molar-refractivity contribution in [2.24, 2.45) is 0 Å². The van der Waals surface area contributed by atoms with Crippen LogP contribution in [-0.2, 0) is 0 Å². The van der Waals surface area contributed by atoms with E-state index in [1.54, 1.807) is 13.0 Å². The van der Waals surface area contributed by atoms with Crippen molar-refractivity contribution in [2.75, 3.05) is 0 Å². The summed E-state index contributed by atoms with van der Waals surface area (Å²) < 4.78 is 1.50. The highest BCUT2D eigenvalue weighted by molar-refractivity contribution is 5.47. The predicted molar refractivity (Wildman–Crippen MR) is 62.2 cm³/mol. The van der Waals surface area contributed by atoms with Gasteiger partial charge in [-0.1, -0.05) is 0 Å². The molecule has 17 heavy (non-hydrogen) atoms. The van der Waals surface area contributed by atoms with Crippen molar-refractivity contribution in [3.8, 4) is 5.82 Å². The zero-order valence-corrected chi connectivity index (χ0v) is 9.84. The number of rotatable bonds is 2. The highest BCUT2D eigenvalue weighted by atomic mass is 16.6. The van der Waals surface area contributed by atoms with Crippen LogP contribution < -0.4 is 0 Å². The van der Waals surface area contributed by atoms with Gasteiger partial charge >= 0.3 is 5.69 Å². The Kier molecular flexibility index (Phi) is 2.63. The summed E-state index contributed by atoms with van der Waals surface area (Å²) in [5.74, 6) is 0.264. The van der Waals surface area contributed by atoms with Crippen molar-refractivity contribution in [2.45, 2.75) is 20.8 Å². The molecule has 0 unspecified atom stereocenters. The fourth-order valence-electron chi connectivity index (χ4n) is 1.68. The fourth-order valence-corrected chi connectivity index (χ4v) is 1.68. The minimum absolute atomic E-state index is 0.0400. The first kappa shape index (κ1) is 11.3. The van der Waals surface area contributed by atoms with Crippen LogP contribution in [-0.4, -0.2) is 19.7 Å². The Morgan fingerprint density at radius 1 is 1.24 bits per heavy atom. The molecule has 0 saturated carbocycles. The second-order valence-corrected chi connectivity index (χ2v) is 3.89. The van der Waals surface area contributed by atoms with Gasteiger partial charge in [0.2, 0.25) is 5.82 Å². The Hall–Kier alpha value is -2.24. The van der Waals surface area contributed by atoms with Crippen molar-refractivity contribution in [1.82, 2.24) is 14.8 Å². The van der Waals surface area contributed by atoms with Gasteiger partial charge in [0.15, 0.2) is 0 Å². The van der Waals surface area contributed by atoms with Crippen molar-refractivity contribution < 1.29 is 4.92 Å². The minimum atomic E-state index is -0.446. The number of hydrogen-bond donors (Lipinski definition) is 0. The number of nitro groups is 1. The maximum Gasteiger partial charge on any atom is 0.313 e. The van der Waals surface area contributed by atoms with Crippen molar-refractivity contribution in [1.29, 1.82) is 0 Å². The van der Waals surface area contributed by atoms with Crippen LogP contribution in [0.2, 0.25) is 0 Å². The summed E-state index contributed by atoms with van der Waals surface area (Å²) >= 11 is 0. The van der Waals surface area contributed by atoms with Crippen LogP contribution in [0.3, 0.4) is 0 Å². The average Bonchev–Trinajstić information content (AvgIpc) is 2.57. The van der Waals surface area contributed by atoms with Gasteiger partial charge in [-0.25, -0.2) is 9.67 Å². The fraction of sp³-hybridized carbons (Fsp3) is 0.273. The van der Waals surface area contributed by atoms with Gasteiger partial charge in [-0.15, -0.1) is 0 Å². The highest BCUT2D eigenvalue weighted by Crippen LogP contribution is 2.22. The molecule has 0 aliphatic carbocycles. The molecule has 2 heterocycles. The van der Waals surface area contributed by atoms with E-state index in [4.69, 9.17) is 0 Å². The van der Waals surface area contributed by atoms with E-state index in [1.165, 1.54) is 10.7 Å². The standard InChI is InChI=1S/C11H12N4O2/c1-7-4-5-10(15(16)17)11(12-7)14-9(3)6-8(2)13-14/h4-6H,1-3H3. The van der Waals surface area contributed by atoms with Gasteiger partial charge < -0.3 is 0 Å². The second-order valence-electron chi connectivity index (χ2n) is 3.89. The van der Waals surface area contributed by atoms with Crippen molar-refractivity contribution >= 4 is 5.69 Å². The summed E-state index contributed by atoms with van der Waals surface area (Å²) in [7, 11) is 0. The SMILES string of the molecule is Cc1ccc([N+](=O)[O-])c(-n2nc(C)cc2C)n1. The molecule has 6 nitrogen and oxygen atoms in total. The number of aryl methyl sites for hydroxylation is 3.